The average Bonchev–Trinajstić information content (AvgIpc) is 2.83. The molecule has 162 valence electrons. The number of aliphatic hydroxyl groups excluding tert-OH is 1. The Morgan fingerprint density at radius 1 is 0.839 bits per heavy atom. The van der Waals surface area contributed by atoms with Crippen LogP contribution in [0.25, 0.3) is 0 Å². The molecule has 1 aliphatic rings. The molecule has 3 aromatic rings. The first-order chi connectivity index (χ1) is 15.1. The Balaban J connectivity index is 1.76. The predicted molar refractivity (Wildman–Crippen MR) is 121 cm³/mol. The molecule has 4 rings (SSSR count). The Hall–Kier alpha value is -2.50. The first kappa shape index (κ1) is 21.7. The topological polar surface area (TPSA) is 47.9 Å². The molecule has 0 aliphatic carbocycles. The predicted octanol–water partition coefficient (Wildman–Crippen LogP) is 4.75. The molecule has 4 heteroatoms. The van der Waals surface area contributed by atoms with Gasteiger partial charge in [-0.3, -0.25) is 0 Å². The first-order valence-corrected chi connectivity index (χ1v) is 10.8. The van der Waals surface area contributed by atoms with Gasteiger partial charge in [-0.1, -0.05) is 97.9 Å². The van der Waals surface area contributed by atoms with Gasteiger partial charge in [0.15, 0.2) is 6.29 Å². The lowest BCUT2D eigenvalue weighted by atomic mass is 9.80. The van der Waals surface area contributed by atoms with E-state index in [0.717, 1.165) is 16.7 Å². The highest BCUT2D eigenvalue weighted by Crippen LogP contribution is 2.41. The summed E-state index contributed by atoms with van der Waals surface area (Å²) in [7, 11) is 1.56. The third kappa shape index (κ3) is 4.43. The van der Waals surface area contributed by atoms with Crippen molar-refractivity contribution in [2.24, 2.45) is 5.92 Å². The fourth-order valence-electron chi connectivity index (χ4n) is 4.43. The summed E-state index contributed by atoms with van der Waals surface area (Å²) in [6.45, 7) is 2.45. The Bertz CT molecular complexity index is 833. The van der Waals surface area contributed by atoms with Crippen molar-refractivity contribution in [2.45, 2.75) is 37.4 Å². The molecule has 0 amide bonds. The van der Waals surface area contributed by atoms with E-state index in [2.05, 4.69) is 43.3 Å². The molecule has 1 fully saturated rings. The van der Waals surface area contributed by atoms with Crippen LogP contribution in [0.1, 0.15) is 30.0 Å². The third-order valence-corrected chi connectivity index (χ3v) is 6.11. The van der Waals surface area contributed by atoms with E-state index in [1.165, 1.54) is 0 Å². The molecule has 0 aromatic heterocycles. The van der Waals surface area contributed by atoms with E-state index in [9.17, 15) is 5.11 Å². The molecule has 0 radical (unpaired) electrons. The monoisotopic (exact) mass is 418 g/mol. The van der Waals surface area contributed by atoms with Gasteiger partial charge in [0.2, 0.25) is 0 Å². The van der Waals surface area contributed by atoms with Gasteiger partial charge in [-0.05, 0) is 29.0 Å². The van der Waals surface area contributed by atoms with Crippen LogP contribution in [0, 0.1) is 5.92 Å². The van der Waals surface area contributed by atoms with Gasteiger partial charge < -0.3 is 19.3 Å². The van der Waals surface area contributed by atoms with Crippen molar-refractivity contribution >= 4 is 0 Å². The molecule has 0 bridgehead atoms. The summed E-state index contributed by atoms with van der Waals surface area (Å²) in [4.78, 5) is 0. The van der Waals surface area contributed by atoms with Crippen LogP contribution in [0.15, 0.2) is 91.0 Å². The molecule has 1 unspecified atom stereocenters. The van der Waals surface area contributed by atoms with Crippen molar-refractivity contribution in [1.82, 2.24) is 0 Å². The summed E-state index contributed by atoms with van der Waals surface area (Å²) in [5, 5.41) is 10.2. The molecular formula is C27H30O4. The zero-order valence-corrected chi connectivity index (χ0v) is 18.1. The molecular weight excluding hydrogens is 388 g/mol. The van der Waals surface area contributed by atoms with Crippen LogP contribution in [0.5, 0.6) is 0 Å². The number of benzene rings is 3. The summed E-state index contributed by atoms with van der Waals surface area (Å²) in [5.41, 5.74) is 2.38. The molecule has 4 atom stereocenters. The van der Waals surface area contributed by atoms with Gasteiger partial charge in [-0.2, -0.15) is 0 Å². The van der Waals surface area contributed by atoms with Gasteiger partial charge in [-0.25, -0.2) is 0 Å². The van der Waals surface area contributed by atoms with Gasteiger partial charge in [0.25, 0.3) is 0 Å². The van der Waals surface area contributed by atoms with Crippen molar-refractivity contribution < 1.29 is 19.3 Å². The van der Waals surface area contributed by atoms with Crippen LogP contribution in [0.4, 0.5) is 0 Å². The molecule has 1 heterocycles. The number of hydrogen-bond donors (Lipinski definition) is 1. The number of ether oxygens (including phenoxy) is 3. The second-order valence-electron chi connectivity index (χ2n) is 8.15. The number of hydrogen-bond acceptors (Lipinski definition) is 4. The zero-order chi connectivity index (χ0) is 21.7. The fraction of sp³-hybridized carbons (Fsp3) is 0.333. The molecule has 3 aromatic carbocycles. The van der Waals surface area contributed by atoms with E-state index >= 15 is 0 Å². The standard InChI is InChI=1S/C27H30O4/c1-20-18-24(28)26(29-2)31-25(20)19-30-27(21-12-6-3-7-13-21,22-14-8-4-9-15-22)23-16-10-5-11-17-23/h3-17,20,24-26,28H,18-19H2,1-2H3/t20-,24-,25?,26-/m0/s1. The minimum absolute atomic E-state index is 0.140. The average molecular weight is 419 g/mol. The van der Waals surface area contributed by atoms with Crippen LogP contribution in [0.3, 0.4) is 0 Å². The molecule has 0 saturated carbocycles. The molecule has 1 N–H and O–H groups in total. The summed E-state index contributed by atoms with van der Waals surface area (Å²) in [5.74, 6) is 0.140. The Morgan fingerprint density at radius 2 is 1.29 bits per heavy atom. The molecule has 4 nitrogen and oxygen atoms in total. The van der Waals surface area contributed by atoms with Crippen molar-refractivity contribution in [2.75, 3.05) is 13.7 Å². The summed E-state index contributed by atoms with van der Waals surface area (Å²) >= 11 is 0. The largest absolute Gasteiger partial charge is 0.388 e. The molecule has 1 aliphatic heterocycles. The summed E-state index contributed by atoms with van der Waals surface area (Å²) in [6.07, 6.45) is -0.840. The van der Waals surface area contributed by atoms with Gasteiger partial charge in [0.1, 0.15) is 11.7 Å². The number of rotatable bonds is 7. The Morgan fingerprint density at radius 3 is 1.71 bits per heavy atom. The van der Waals surface area contributed by atoms with E-state index in [1.807, 2.05) is 54.6 Å². The minimum Gasteiger partial charge on any atom is -0.388 e. The smallest absolute Gasteiger partial charge is 0.183 e. The van der Waals surface area contributed by atoms with Crippen molar-refractivity contribution in [1.29, 1.82) is 0 Å². The first-order valence-electron chi connectivity index (χ1n) is 10.8. The lowest BCUT2D eigenvalue weighted by Crippen LogP contribution is -2.47. The lowest BCUT2D eigenvalue weighted by molar-refractivity contribution is -0.255. The SMILES string of the molecule is CO[C@H]1OC(COC(c2ccccc2)(c2ccccc2)c2ccccc2)[C@@H](C)C[C@@H]1O. The Labute approximate surface area is 184 Å². The minimum atomic E-state index is -0.786. The maximum atomic E-state index is 10.2. The normalized spacial score (nSPS) is 24.1. The highest BCUT2D eigenvalue weighted by molar-refractivity contribution is 5.47. The second-order valence-corrected chi connectivity index (χ2v) is 8.15. The maximum Gasteiger partial charge on any atom is 0.183 e. The zero-order valence-electron chi connectivity index (χ0n) is 18.1. The van der Waals surface area contributed by atoms with E-state index in [1.54, 1.807) is 7.11 Å². The maximum absolute atomic E-state index is 10.2. The van der Waals surface area contributed by atoms with E-state index < -0.39 is 18.0 Å². The van der Waals surface area contributed by atoms with E-state index in [4.69, 9.17) is 14.2 Å². The second kappa shape index (κ2) is 9.75. The third-order valence-electron chi connectivity index (χ3n) is 6.11. The van der Waals surface area contributed by atoms with Gasteiger partial charge in [0.05, 0.1) is 12.7 Å². The summed E-state index contributed by atoms with van der Waals surface area (Å²) < 4.78 is 18.3. The van der Waals surface area contributed by atoms with Gasteiger partial charge >= 0.3 is 0 Å². The highest BCUT2D eigenvalue weighted by Gasteiger charge is 2.41. The summed E-state index contributed by atoms with van der Waals surface area (Å²) in [6, 6.07) is 30.9. The van der Waals surface area contributed by atoms with Crippen LogP contribution in [0.2, 0.25) is 0 Å². The van der Waals surface area contributed by atoms with Gasteiger partial charge in [0, 0.05) is 7.11 Å². The van der Waals surface area contributed by atoms with Crippen molar-refractivity contribution in [3.05, 3.63) is 108 Å². The molecule has 0 spiro atoms. The molecule has 1 saturated heterocycles. The van der Waals surface area contributed by atoms with Crippen molar-refractivity contribution in [3.63, 3.8) is 0 Å². The number of methoxy groups -OCH3 is 1. The Kier molecular flexibility index (Phi) is 6.83. The fourth-order valence-corrected chi connectivity index (χ4v) is 4.43. The van der Waals surface area contributed by atoms with E-state index in [0.29, 0.717) is 13.0 Å². The number of aliphatic hydroxyl groups is 1. The van der Waals surface area contributed by atoms with Crippen LogP contribution in [-0.2, 0) is 19.8 Å². The van der Waals surface area contributed by atoms with Crippen LogP contribution in [-0.4, -0.2) is 37.3 Å². The highest BCUT2D eigenvalue weighted by atomic mass is 16.7. The van der Waals surface area contributed by atoms with Crippen LogP contribution >= 0.6 is 0 Å². The quantitative estimate of drug-likeness (QED) is 0.563. The van der Waals surface area contributed by atoms with Crippen molar-refractivity contribution in [3.8, 4) is 0 Å². The van der Waals surface area contributed by atoms with E-state index in [-0.39, 0.29) is 12.0 Å². The van der Waals surface area contributed by atoms with Gasteiger partial charge in [-0.15, -0.1) is 0 Å². The molecule has 31 heavy (non-hydrogen) atoms. The lowest BCUT2D eigenvalue weighted by Gasteiger charge is -2.41. The van der Waals surface area contributed by atoms with Crippen LogP contribution < -0.4 is 0 Å².